The average molecular weight is 247 g/mol. The van der Waals surface area contributed by atoms with Crippen LogP contribution >= 0.6 is 11.8 Å². The second kappa shape index (κ2) is 8.88. The van der Waals surface area contributed by atoms with E-state index in [1.54, 1.807) is 0 Å². The zero-order valence-corrected chi connectivity index (χ0v) is 11.5. The molecule has 0 aliphatic heterocycles. The number of rotatable bonds is 10. The number of carboxylic acid groups (broad SMARTS) is 1. The van der Waals surface area contributed by atoms with Gasteiger partial charge in [-0.1, -0.05) is 20.8 Å². The second-order valence-electron chi connectivity index (χ2n) is 3.97. The quantitative estimate of drug-likeness (QED) is 0.583. The first kappa shape index (κ1) is 15.8. The third kappa shape index (κ3) is 5.21. The molecular weight excluding hydrogens is 222 g/mol. The fraction of sp³-hybridized carbons (Fsp3) is 0.917. The highest BCUT2D eigenvalue weighted by Crippen LogP contribution is 2.19. The Morgan fingerprint density at radius 1 is 1.38 bits per heavy atom. The normalized spacial score (nSPS) is 14.7. The molecule has 2 N–H and O–H groups in total. The molecule has 0 amide bonds. The summed E-state index contributed by atoms with van der Waals surface area (Å²) in [5.41, 5.74) is -0.704. The van der Waals surface area contributed by atoms with E-state index in [-0.39, 0.29) is 0 Å². The van der Waals surface area contributed by atoms with E-state index in [9.17, 15) is 9.90 Å². The van der Waals surface area contributed by atoms with Crippen molar-refractivity contribution in [2.45, 2.75) is 52.0 Å². The monoisotopic (exact) mass is 247 g/mol. The van der Waals surface area contributed by atoms with Crippen LogP contribution in [0.15, 0.2) is 0 Å². The number of thioether (sulfide) groups is 1. The fourth-order valence-electron chi connectivity index (χ4n) is 1.71. The molecule has 0 spiro atoms. The summed E-state index contributed by atoms with van der Waals surface area (Å²) in [7, 11) is 0. The second-order valence-corrected chi connectivity index (χ2v) is 5.36. The molecule has 0 fully saturated rings. The summed E-state index contributed by atoms with van der Waals surface area (Å²) >= 11 is 1.87. The summed E-state index contributed by atoms with van der Waals surface area (Å²) in [5.74, 6) is 1.46. The highest BCUT2D eigenvalue weighted by atomic mass is 32.2. The van der Waals surface area contributed by atoms with Gasteiger partial charge in [-0.25, -0.2) is 0 Å². The molecule has 96 valence electrons. The van der Waals surface area contributed by atoms with Crippen LogP contribution in [0.5, 0.6) is 0 Å². The van der Waals surface area contributed by atoms with E-state index >= 15 is 0 Å². The Morgan fingerprint density at radius 3 is 2.50 bits per heavy atom. The average Bonchev–Trinajstić information content (AvgIpc) is 2.28. The van der Waals surface area contributed by atoms with Gasteiger partial charge in [0.15, 0.2) is 0 Å². The summed E-state index contributed by atoms with van der Waals surface area (Å²) in [6.45, 7) is 6.91. The molecule has 0 aliphatic rings. The van der Waals surface area contributed by atoms with Gasteiger partial charge in [0.1, 0.15) is 5.54 Å². The number of carbonyl (C=O) groups is 1. The molecule has 1 unspecified atom stereocenters. The van der Waals surface area contributed by atoms with E-state index < -0.39 is 11.5 Å². The molecule has 3 nitrogen and oxygen atoms in total. The van der Waals surface area contributed by atoms with E-state index in [1.165, 1.54) is 0 Å². The van der Waals surface area contributed by atoms with E-state index in [0.29, 0.717) is 6.42 Å². The summed E-state index contributed by atoms with van der Waals surface area (Å²) < 4.78 is 0. The number of carboxylic acids is 1. The van der Waals surface area contributed by atoms with Gasteiger partial charge in [0, 0.05) is 0 Å². The van der Waals surface area contributed by atoms with Crippen LogP contribution in [-0.4, -0.2) is 34.7 Å². The highest BCUT2D eigenvalue weighted by molar-refractivity contribution is 7.99. The van der Waals surface area contributed by atoms with Crippen LogP contribution in [-0.2, 0) is 4.79 Å². The minimum absolute atomic E-state index is 0.652. The first-order valence-electron chi connectivity index (χ1n) is 6.19. The number of aliphatic carboxylic acids is 1. The van der Waals surface area contributed by atoms with Gasteiger partial charge in [0.2, 0.25) is 0 Å². The third-order valence-electron chi connectivity index (χ3n) is 2.82. The maximum atomic E-state index is 11.4. The van der Waals surface area contributed by atoms with Gasteiger partial charge in [-0.05, 0) is 43.7 Å². The van der Waals surface area contributed by atoms with Crippen molar-refractivity contribution in [3.8, 4) is 0 Å². The minimum Gasteiger partial charge on any atom is -0.480 e. The lowest BCUT2D eigenvalue weighted by Gasteiger charge is -2.29. The maximum absolute atomic E-state index is 11.4. The molecule has 1 atom stereocenters. The Bertz CT molecular complexity index is 199. The van der Waals surface area contributed by atoms with Gasteiger partial charge in [0.25, 0.3) is 0 Å². The molecular formula is C12H25NO2S. The number of nitrogens with one attached hydrogen (secondary N) is 1. The molecule has 0 aliphatic carbocycles. The Balaban J connectivity index is 4.22. The smallest absolute Gasteiger partial charge is 0.323 e. The summed E-state index contributed by atoms with van der Waals surface area (Å²) in [6.07, 6.45) is 3.32. The number of hydrogen-bond acceptors (Lipinski definition) is 3. The first-order chi connectivity index (χ1) is 7.63. The first-order valence-corrected chi connectivity index (χ1v) is 7.34. The lowest BCUT2D eigenvalue weighted by molar-refractivity contribution is -0.145. The molecule has 4 heteroatoms. The Kier molecular flexibility index (Phi) is 8.76. The van der Waals surface area contributed by atoms with Crippen molar-refractivity contribution in [2.75, 3.05) is 18.1 Å². The summed E-state index contributed by atoms with van der Waals surface area (Å²) in [6, 6.07) is 0. The minimum atomic E-state index is -0.704. The third-order valence-corrected chi connectivity index (χ3v) is 3.81. The van der Waals surface area contributed by atoms with Gasteiger partial charge >= 0.3 is 5.97 Å². The van der Waals surface area contributed by atoms with E-state index in [4.69, 9.17) is 0 Å². The fourth-order valence-corrected chi connectivity index (χ4v) is 2.35. The standard InChI is InChI=1S/C12H25NO2S/c1-4-9-13-12(5-2,11(14)15)8-7-10-16-6-3/h13H,4-10H2,1-3H3,(H,14,15). The van der Waals surface area contributed by atoms with Crippen molar-refractivity contribution < 1.29 is 9.90 Å². The van der Waals surface area contributed by atoms with E-state index in [2.05, 4.69) is 19.2 Å². The van der Waals surface area contributed by atoms with Crippen LogP contribution in [0.25, 0.3) is 0 Å². The molecule has 0 aromatic rings. The Morgan fingerprint density at radius 2 is 2.06 bits per heavy atom. The van der Waals surface area contributed by atoms with Crippen LogP contribution < -0.4 is 5.32 Å². The molecule has 0 radical (unpaired) electrons. The lowest BCUT2D eigenvalue weighted by atomic mass is 9.90. The molecule has 0 saturated heterocycles. The molecule has 16 heavy (non-hydrogen) atoms. The van der Waals surface area contributed by atoms with Gasteiger partial charge in [0.05, 0.1) is 0 Å². The zero-order chi connectivity index (χ0) is 12.4. The van der Waals surface area contributed by atoms with Crippen molar-refractivity contribution in [2.24, 2.45) is 0 Å². The molecule has 0 saturated carbocycles. The van der Waals surface area contributed by atoms with Crippen molar-refractivity contribution in [3.05, 3.63) is 0 Å². The molecule has 0 bridgehead atoms. The maximum Gasteiger partial charge on any atom is 0.323 e. The van der Waals surface area contributed by atoms with Crippen molar-refractivity contribution >= 4 is 17.7 Å². The SMILES string of the molecule is CCCNC(CC)(CCCSCC)C(=O)O. The molecule has 0 heterocycles. The van der Waals surface area contributed by atoms with Crippen LogP contribution in [0.4, 0.5) is 0 Å². The van der Waals surface area contributed by atoms with Crippen molar-refractivity contribution in [1.29, 1.82) is 0 Å². The molecule has 0 aromatic heterocycles. The van der Waals surface area contributed by atoms with Crippen LogP contribution in [0.2, 0.25) is 0 Å². The molecule has 0 rings (SSSR count). The van der Waals surface area contributed by atoms with Gasteiger partial charge in [-0.15, -0.1) is 0 Å². The van der Waals surface area contributed by atoms with E-state index in [0.717, 1.165) is 37.3 Å². The van der Waals surface area contributed by atoms with Crippen molar-refractivity contribution in [3.63, 3.8) is 0 Å². The van der Waals surface area contributed by atoms with Crippen LogP contribution in [0.3, 0.4) is 0 Å². The van der Waals surface area contributed by atoms with Crippen molar-refractivity contribution in [1.82, 2.24) is 5.32 Å². The van der Waals surface area contributed by atoms with Crippen LogP contribution in [0, 0.1) is 0 Å². The summed E-state index contributed by atoms with van der Waals surface area (Å²) in [4.78, 5) is 11.4. The Labute approximate surface area is 103 Å². The lowest BCUT2D eigenvalue weighted by Crippen LogP contribution is -2.52. The van der Waals surface area contributed by atoms with Crippen LogP contribution in [0.1, 0.15) is 46.5 Å². The predicted molar refractivity (Wildman–Crippen MR) is 71.2 cm³/mol. The summed E-state index contributed by atoms with van der Waals surface area (Å²) in [5, 5.41) is 12.5. The van der Waals surface area contributed by atoms with Gasteiger partial charge in [-0.3, -0.25) is 4.79 Å². The largest absolute Gasteiger partial charge is 0.480 e. The molecule has 0 aromatic carbocycles. The van der Waals surface area contributed by atoms with Gasteiger partial charge in [-0.2, -0.15) is 11.8 Å². The zero-order valence-electron chi connectivity index (χ0n) is 10.7. The highest BCUT2D eigenvalue weighted by Gasteiger charge is 2.34. The number of hydrogen-bond donors (Lipinski definition) is 2. The Hall–Kier alpha value is -0.220. The van der Waals surface area contributed by atoms with Gasteiger partial charge < -0.3 is 10.4 Å². The predicted octanol–water partition coefficient (Wildman–Crippen LogP) is 2.75. The van der Waals surface area contributed by atoms with E-state index in [1.807, 2.05) is 18.7 Å². The topological polar surface area (TPSA) is 49.3 Å².